The van der Waals surface area contributed by atoms with Gasteiger partial charge in [0.1, 0.15) is 5.82 Å². The van der Waals surface area contributed by atoms with Crippen LogP contribution in [0.1, 0.15) is 11.3 Å². The van der Waals surface area contributed by atoms with E-state index in [1.165, 1.54) is 6.07 Å². The summed E-state index contributed by atoms with van der Waals surface area (Å²) in [4.78, 5) is 4.17. The fourth-order valence-electron chi connectivity index (χ4n) is 1.52. The van der Waals surface area contributed by atoms with Gasteiger partial charge in [-0.2, -0.15) is 0 Å². The summed E-state index contributed by atoms with van der Waals surface area (Å²) in [6.45, 7) is 0.980. The smallest absolute Gasteiger partial charge is 0.129 e. The van der Waals surface area contributed by atoms with Gasteiger partial charge in [0.05, 0.1) is 5.69 Å². The third-order valence-corrected chi connectivity index (χ3v) is 2.75. The summed E-state index contributed by atoms with van der Waals surface area (Å²) >= 11 is 5.92. The van der Waals surface area contributed by atoms with Gasteiger partial charge in [0.2, 0.25) is 0 Å². The summed E-state index contributed by atoms with van der Waals surface area (Å²) in [5.41, 5.74) is 1.41. The van der Waals surface area contributed by atoms with Crippen LogP contribution in [0.5, 0.6) is 0 Å². The monoisotopic (exact) mass is 250 g/mol. The molecule has 88 valence electrons. The molecule has 0 atom stereocenters. The number of aromatic nitrogens is 1. The van der Waals surface area contributed by atoms with E-state index in [-0.39, 0.29) is 5.82 Å². The zero-order chi connectivity index (χ0) is 12.1. The van der Waals surface area contributed by atoms with Crippen LogP contribution in [0, 0.1) is 5.82 Å². The minimum atomic E-state index is -0.286. The Morgan fingerprint density at radius 1 is 1.12 bits per heavy atom. The standard InChI is InChI=1S/C13H12ClFN2/c14-12-5-3-6-13(15)11(12)9-16-8-10-4-1-2-7-17-10/h1-7,16H,8-9H2. The van der Waals surface area contributed by atoms with Gasteiger partial charge in [-0.25, -0.2) is 4.39 Å². The first-order valence-corrected chi connectivity index (χ1v) is 5.68. The number of halogens is 2. The topological polar surface area (TPSA) is 24.9 Å². The molecule has 4 heteroatoms. The summed E-state index contributed by atoms with van der Waals surface area (Å²) in [5.74, 6) is -0.286. The van der Waals surface area contributed by atoms with Crippen molar-refractivity contribution in [3.05, 3.63) is 64.7 Å². The van der Waals surface area contributed by atoms with Gasteiger partial charge in [0.25, 0.3) is 0 Å². The van der Waals surface area contributed by atoms with Crippen molar-refractivity contribution in [3.8, 4) is 0 Å². The van der Waals surface area contributed by atoms with E-state index in [4.69, 9.17) is 11.6 Å². The lowest BCUT2D eigenvalue weighted by molar-refractivity contribution is 0.586. The van der Waals surface area contributed by atoms with Crippen molar-refractivity contribution in [2.24, 2.45) is 0 Å². The highest BCUT2D eigenvalue weighted by atomic mass is 35.5. The molecule has 1 N–H and O–H groups in total. The molecule has 1 aromatic carbocycles. The van der Waals surface area contributed by atoms with Gasteiger partial charge in [-0.15, -0.1) is 0 Å². The van der Waals surface area contributed by atoms with Crippen LogP contribution in [0.15, 0.2) is 42.6 Å². The fourth-order valence-corrected chi connectivity index (χ4v) is 1.75. The molecule has 0 spiro atoms. The molecule has 0 amide bonds. The third-order valence-electron chi connectivity index (χ3n) is 2.40. The maximum Gasteiger partial charge on any atom is 0.129 e. The molecule has 0 aliphatic rings. The second-order valence-corrected chi connectivity index (χ2v) is 4.03. The van der Waals surface area contributed by atoms with Crippen molar-refractivity contribution in [3.63, 3.8) is 0 Å². The van der Waals surface area contributed by atoms with Crippen molar-refractivity contribution in [2.75, 3.05) is 0 Å². The Balaban J connectivity index is 1.95. The van der Waals surface area contributed by atoms with E-state index in [1.54, 1.807) is 18.3 Å². The number of rotatable bonds is 4. The number of nitrogens with one attached hydrogen (secondary N) is 1. The van der Waals surface area contributed by atoms with Crippen LogP contribution >= 0.6 is 11.6 Å². The van der Waals surface area contributed by atoms with Gasteiger partial charge in [0, 0.05) is 29.9 Å². The summed E-state index contributed by atoms with van der Waals surface area (Å²) in [6.07, 6.45) is 1.73. The molecule has 0 bridgehead atoms. The molecule has 0 aliphatic heterocycles. The summed E-state index contributed by atoms with van der Waals surface area (Å²) < 4.78 is 13.4. The Morgan fingerprint density at radius 2 is 2.00 bits per heavy atom. The SMILES string of the molecule is Fc1cccc(Cl)c1CNCc1ccccn1. The van der Waals surface area contributed by atoms with Gasteiger partial charge >= 0.3 is 0 Å². The maximum absolute atomic E-state index is 13.4. The van der Waals surface area contributed by atoms with E-state index in [0.717, 1.165) is 5.69 Å². The van der Waals surface area contributed by atoms with Crippen molar-refractivity contribution in [1.29, 1.82) is 0 Å². The van der Waals surface area contributed by atoms with Crippen molar-refractivity contribution in [2.45, 2.75) is 13.1 Å². The minimum Gasteiger partial charge on any atom is -0.307 e. The minimum absolute atomic E-state index is 0.286. The predicted octanol–water partition coefficient (Wildman–Crippen LogP) is 3.16. The van der Waals surface area contributed by atoms with Crippen LogP contribution in [0.3, 0.4) is 0 Å². The van der Waals surface area contributed by atoms with E-state index in [9.17, 15) is 4.39 Å². The van der Waals surface area contributed by atoms with E-state index in [0.29, 0.717) is 23.7 Å². The van der Waals surface area contributed by atoms with Crippen LogP contribution in [0.4, 0.5) is 4.39 Å². The zero-order valence-electron chi connectivity index (χ0n) is 9.16. The number of pyridine rings is 1. The summed E-state index contributed by atoms with van der Waals surface area (Å²) in [6, 6.07) is 10.4. The molecule has 0 unspecified atom stereocenters. The van der Waals surface area contributed by atoms with Gasteiger partial charge in [0.15, 0.2) is 0 Å². The van der Waals surface area contributed by atoms with Crippen LogP contribution < -0.4 is 5.32 Å². The molecule has 0 fully saturated rings. The largest absolute Gasteiger partial charge is 0.307 e. The first kappa shape index (κ1) is 12.0. The molecule has 1 heterocycles. The average Bonchev–Trinajstić information content (AvgIpc) is 2.34. The molecule has 0 saturated heterocycles. The van der Waals surface area contributed by atoms with Crippen molar-refractivity contribution >= 4 is 11.6 Å². The first-order chi connectivity index (χ1) is 8.27. The Kier molecular flexibility index (Phi) is 4.07. The van der Waals surface area contributed by atoms with E-state index in [1.807, 2.05) is 18.2 Å². The van der Waals surface area contributed by atoms with Crippen LogP contribution in [0.2, 0.25) is 5.02 Å². The lowest BCUT2D eigenvalue weighted by Gasteiger charge is -2.07. The highest BCUT2D eigenvalue weighted by Gasteiger charge is 2.05. The molecule has 1 aromatic heterocycles. The highest BCUT2D eigenvalue weighted by Crippen LogP contribution is 2.18. The molecule has 0 aliphatic carbocycles. The van der Waals surface area contributed by atoms with Gasteiger partial charge in [-0.05, 0) is 24.3 Å². The molecule has 17 heavy (non-hydrogen) atoms. The van der Waals surface area contributed by atoms with Crippen molar-refractivity contribution in [1.82, 2.24) is 10.3 Å². The average molecular weight is 251 g/mol. The van der Waals surface area contributed by atoms with Gasteiger partial charge < -0.3 is 5.32 Å². The van der Waals surface area contributed by atoms with Crippen LogP contribution in [-0.4, -0.2) is 4.98 Å². The van der Waals surface area contributed by atoms with Gasteiger partial charge in [-0.1, -0.05) is 23.7 Å². The second kappa shape index (κ2) is 5.75. The molecule has 0 radical (unpaired) electrons. The van der Waals surface area contributed by atoms with Gasteiger partial charge in [-0.3, -0.25) is 4.98 Å². The number of benzene rings is 1. The number of nitrogens with zero attached hydrogens (tertiary/aromatic N) is 1. The Hall–Kier alpha value is -1.45. The lowest BCUT2D eigenvalue weighted by atomic mass is 10.2. The summed E-state index contributed by atoms with van der Waals surface area (Å²) in [7, 11) is 0. The number of hydrogen-bond donors (Lipinski definition) is 1. The van der Waals surface area contributed by atoms with Crippen molar-refractivity contribution < 1.29 is 4.39 Å². The van der Waals surface area contributed by atoms with E-state index < -0.39 is 0 Å². The highest BCUT2D eigenvalue weighted by molar-refractivity contribution is 6.31. The lowest BCUT2D eigenvalue weighted by Crippen LogP contribution is -2.14. The van der Waals surface area contributed by atoms with E-state index >= 15 is 0 Å². The molecule has 2 rings (SSSR count). The molecule has 0 saturated carbocycles. The van der Waals surface area contributed by atoms with Crippen LogP contribution in [-0.2, 0) is 13.1 Å². The third kappa shape index (κ3) is 3.25. The Bertz CT molecular complexity index is 468. The maximum atomic E-state index is 13.4. The second-order valence-electron chi connectivity index (χ2n) is 3.62. The first-order valence-electron chi connectivity index (χ1n) is 5.31. The predicted molar refractivity (Wildman–Crippen MR) is 66.2 cm³/mol. The Morgan fingerprint density at radius 3 is 2.71 bits per heavy atom. The Labute approximate surface area is 104 Å². The molecular formula is C13H12ClFN2. The fraction of sp³-hybridized carbons (Fsp3) is 0.154. The normalized spacial score (nSPS) is 10.5. The van der Waals surface area contributed by atoms with E-state index in [2.05, 4.69) is 10.3 Å². The quantitative estimate of drug-likeness (QED) is 0.902. The molecule has 2 aromatic rings. The van der Waals surface area contributed by atoms with Crippen LogP contribution in [0.25, 0.3) is 0 Å². The summed E-state index contributed by atoms with van der Waals surface area (Å²) in [5, 5.41) is 3.56. The molecular weight excluding hydrogens is 239 g/mol. The number of hydrogen-bond acceptors (Lipinski definition) is 2. The molecule has 2 nitrogen and oxygen atoms in total. The zero-order valence-corrected chi connectivity index (χ0v) is 9.91.